The summed E-state index contributed by atoms with van der Waals surface area (Å²) in [5, 5.41) is 3.55. The Hall–Kier alpha value is -1.53. The number of fused-ring (bicyclic) bond motifs is 2. The van der Waals surface area contributed by atoms with Crippen LogP contribution in [0.15, 0.2) is 42.6 Å². The van der Waals surface area contributed by atoms with Gasteiger partial charge < -0.3 is 15.8 Å². The minimum absolute atomic E-state index is 0. The Morgan fingerprint density at radius 3 is 2.41 bits per heavy atom. The molecule has 146 valence electrons. The first-order valence-electron chi connectivity index (χ1n) is 8.56. The molecule has 27 heavy (non-hydrogen) atoms. The van der Waals surface area contributed by atoms with Gasteiger partial charge in [-0.1, -0.05) is 11.6 Å². The first-order chi connectivity index (χ1) is 12.1. The Morgan fingerprint density at radius 2 is 1.81 bits per heavy atom. The first kappa shape index (κ1) is 21.8. The van der Waals surface area contributed by atoms with Crippen molar-refractivity contribution < 1.29 is 9.53 Å². The van der Waals surface area contributed by atoms with Crippen LogP contribution in [0.2, 0.25) is 5.02 Å². The van der Waals surface area contributed by atoms with Crippen molar-refractivity contribution in [2.75, 3.05) is 5.32 Å². The Labute approximate surface area is 175 Å². The number of hydrogen-bond acceptors (Lipinski definition) is 4. The van der Waals surface area contributed by atoms with Crippen LogP contribution in [0, 0.1) is 17.8 Å². The van der Waals surface area contributed by atoms with Crippen LogP contribution in [0.3, 0.4) is 0 Å². The van der Waals surface area contributed by atoms with E-state index in [2.05, 4.69) is 10.3 Å². The van der Waals surface area contributed by atoms with Crippen molar-refractivity contribution in [3.05, 3.63) is 47.6 Å². The maximum Gasteiger partial charge on any atom is 0.229 e. The number of nitrogens with one attached hydrogen (secondary N) is 1. The van der Waals surface area contributed by atoms with Gasteiger partial charge in [0.1, 0.15) is 5.75 Å². The molecule has 1 heterocycles. The minimum atomic E-state index is -0.0621. The summed E-state index contributed by atoms with van der Waals surface area (Å²) in [5.41, 5.74) is 6.99. The van der Waals surface area contributed by atoms with Gasteiger partial charge in [0.2, 0.25) is 11.8 Å². The molecule has 0 saturated heterocycles. The van der Waals surface area contributed by atoms with Crippen LogP contribution in [0.5, 0.6) is 11.6 Å². The number of aromatic nitrogens is 1. The second-order valence-electron chi connectivity index (χ2n) is 6.87. The summed E-state index contributed by atoms with van der Waals surface area (Å²) in [5.74, 6) is 2.04. The molecule has 2 aromatic rings. The average molecular weight is 431 g/mol. The van der Waals surface area contributed by atoms with Crippen molar-refractivity contribution in [2.45, 2.75) is 25.3 Å². The largest absolute Gasteiger partial charge is 0.439 e. The number of nitrogens with two attached hydrogens (primary N) is 1. The molecule has 1 aromatic carbocycles. The predicted octanol–water partition coefficient (Wildman–Crippen LogP) is 4.68. The summed E-state index contributed by atoms with van der Waals surface area (Å²) in [4.78, 5) is 16.7. The summed E-state index contributed by atoms with van der Waals surface area (Å²) >= 11 is 5.80. The Bertz CT molecular complexity index is 769. The van der Waals surface area contributed by atoms with Crippen LogP contribution in [0.4, 0.5) is 5.69 Å². The smallest absolute Gasteiger partial charge is 0.229 e. The van der Waals surface area contributed by atoms with Crippen molar-refractivity contribution in [1.29, 1.82) is 0 Å². The number of benzene rings is 1. The molecular weight excluding hydrogens is 409 g/mol. The van der Waals surface area contributed by atoms with Crippen LogP contribution >= 0.6 is 36.4 Å². The van der Waals surface area contributed by atoms with Crippen molar-refractivity contribution in [2.24, 2.45) is 23.5 Å². The number of amides is 1. The molecule has 4 rings (SSSR count). The van der Waals surface area contributed by atoms with Gasteiger partial charge in [0.15, 0.2) is 0 Å². The van der Waals surface area contributed by atoms with E-state index in [1.807, 2.05) is 12.1 Å². The van der Waals surface area contributed by atoms with E-state index in [9.17, 15) is 4.79 Å². The van der Waals surface area contributed by atoms with Crippen molar-refractivity contribution in [3.8, 4) is 11.6 Å². The number of nitrogens with zero attached hydrogens (tertiary/aromatic N) is 1. The van der Waals surface area contributed by atoms with E-state index in [0.29, 0.717) is 28.5 Å². The zero-order valence-corrected chi connectivity index (χ0v) is 16.9. The van der Waals surface area contributed by atoms with Crippen molar-refractivity contribution >= 4 is 48.0 Å². The summed E-state index contributed by atoms with van der Waals surface area (Å²) in [7, 11) is 0. The average Bonchev–Trinajstić information content (AvgIpc) is 3.20. The molecule has 2 aliphatic rings. The van der Waals surface area contributed by atoms with Gasteiger partial charge in [0.25, 0.3) is 0 Å². The van der Waals surface area contributed by atoms with Crippen LogP contribution in [0.25, 0.3) is 0 Å². The van der Waals surface area contributed by atoms with E-state index < -0.39 is 0 Å². The number of pyridine rings is 1. The topological polar surface area (TPSA) is 77.2 Å². The second kappa shape index (κ2) is 9.11. The lowest BCUT2D eigenvalue weighted by Crippen LogP contribution is -2.42. The molecule has 3 N–H and O–H groups in total. The maximum absolute atomic E-state index is 12.6. The van der Waals surface area contributed by atoms with E-state index in [0.717, 1.165) is 18.5 Å². The van der Waals surface area contributed by atoms with Crippen LogP contribution in [-0.4, -0.2) is 16.9 Å². The number of ether oxygens (including phenoxy) is 1. The first-order valence-corrected chi connectivity index (χ1v) is 8.94. The summed E-state index contributed by atoms with van der Waals surface area (Å²) in [6, 6.07) is 10.7. The maximum atomic E-state index is 12.6. The molecule has 4 atom stereocenters. The molecule has 0 aliphatic heterocycles. The summed E-state index contributed by atoms with van der Waals surface area (Å²) in [6.45, 7) is 0. The molecule has 0 radical (unpaired) electrons. The van der Waals surface area contributed by atoms with Gasteiger partial charge >= 0.3 is 0 Å². The minimum Gasteiger partial charge on any atom is -0.439 e. The highest BCUT2D eigenvalue weighted by Crippen LogP contribution is 2.47. The fraction of sp³-hybridized carbons (Fsp3) is 0.368. The van der Waals surface area contributed by atoms with Gasteiger partial charge in [0.05, 0.1) is 10.9 Å². The van der Waals surface area contributed by atoms with Gasteiger partial charge in [-0.05, 0) is 61.4 Å². The van der Waals surface area contributed by atoms with Crippen LogP contribution in [0.1, 0.15) is 19.3 Å². The molecule has 2 saturated carbocycles. The highest BCUT2D eigenvalue weighted by Gasteiger charge is 2.49. The van der Waals surface area contributed by atoms with Crippen molar-refractivity contribution in [1.82, 2.24) is 4.98 Å². The highest BCUT2D eigenvalue weighted by molar-refractivity contribution is 6.30. The highest BCUT2D eigenvalue weighted by atomic mass is 35.5. The number of anilines is 1. The predicted molar refractivity (Wildman–Crippen MR) is 111 cm³/mol. The normalized spacial score (nSPS) is 25.3. The number of hydrogen-bond donors (Lipinski definition) is 2. The third-order valence-corrected chi connectivity index (χ3v) is 5.55. The molecule has 8 heteroatoms. The molecule has 0 spiro atoms. The fourth-order valence-corrected chi connectivity index (χ4v) is 4.21. The summed E-state index contributed by atoms with van der Waals surface area (Å²) < 4.78 is 5.65. The number of carbonyl (C=O) groups excluding carboxylic acids is 1. The van der Waals surface area contributed by atoms with E-state index in [-0.39, 0.29) is 42.7 Å². The van der Waals surface area contributed by atoms with Gasteiger partial charge in [-0.15, -0.1) is 24.8 Å². The lowest BCUT2D eigenvalue weighted by molar-refractivity contribution is -0.121. The fourth-order valence-electron chi connectivity index (χ4n) is 4.10. The quantitative estimate of drug-likeness (QED) is 0.738. The van der Waals surface area contributed by atoms with Crippen molar-refractivity contribution in [3.63, 3.8) is 0 Å². The van der Waals surface area contributed by atoms with Gasteiger partial charge in [-0.25, -0.2) is 4.98 Å². The Morgan fingerprint density at radius 1 is 1.11 bits per heavy atom. The lowest BCUT2D eigenvalue weighted by atomic mass is 9.84. The van der Waals surface area contributed by atoms with E-state index in [1.54, 1.807) is 24.3 Å². The van der Waals surface area contributed by atoms with E-state index in [1.165, 1.54) is 12.6 Å². The van der Waals surface area contributed by atoms with Gasteiger partial charge in [-0.3, -0.25) is 4.79 Å². The SMILES string of the molecule is Cl.Cl.NC1C2CCC(C2)C1C(=O)Nc1ccc(Oc2ccc(Cl)cn2)cc1. The van der Waals surface area contributed by atoms with Crippen LogP contribution < -0.4 is 15.8 Å². The van der Waals surface area contributed by atoms with Crippen LogP contribution in [-0.2, 0) is 4.79 Å². The van der Waals surface area contributed by atoms with Gasteiger partial charge in [0, 0.05) is 24.0 Å². The molecule has 2 fully saturated rings. The molecular formula is C19H22Cl3N3O2. The molecule has 4 unspecified atom stereocenters. The molecule has 5 nitrogen and oxygen atoms in total. The third-order valence-electron chi connectivity index (χ3n) is 5.33. The van der Waals surface area contributed by atoms with Gasteiger partial charge in [-0.2, -0.15) is 0 Å². The zero-order valence-electron chi connectivity index (χ0n) is 14.5. The Kier molecular flexibility index (Phi) is 7.34. The monoisotopic (exact) mass is 429 g/mol. The molecule has 2 aliphatic carbocycles. The van der Waals surface area contributed by atoms with E-state index >= 15 is 0 Å². The third kappa shape index (κ3) is 4.66. The standard InChI is InChI=1S/C19H20ClN3O2.2ClH/c20-13-3-8-16(22-10-13)25-15-6-4-14(5-7-15)23-19(24)17-11-1-2-12(9-11)18(17)21;;/h3-8,10-12,17-18H,1-2,9,21H2,(H,23,24);2*1H. The molecule has 1 amide bonds. The number of carbonyl (C=O) groups is 1. The number of halogens is 3. The molecule has 2 bridgehead atoms. The lowest BCUT2D eigenvalue weighted by Gasteiger charge is -2.27. The second-order valence-corrected chi connectivity index (χ2v) is 7.30. The molecule has 1 aromatic heterocycles. The number of rotatable bonds is 4. The Balaban J connectivity index is 0.00000131. The van der Waals surface area contributed by atoms with E-state index in [4.69, 9.17) is 22.1 Å². The summed E-state index contributed by atoms with van der Waals surface area (Å²) in [6.07, 6.45) is 4.92. The zero-order chi connectivity index (χ0) is 17.4.